The van der Waals surface area contributed by atoms with E-state index in [9.17, 15) is 23.2 Å². The summed E-state index contributed by atoms with van der Waals surface area (Å²) in [5.41, 5.74) is -1.09. The molecule has 0 unspecified atom stereocenters. The van der Waals surface area contributed by atoms with Gasteiger partial charge < -0.3 is 20.0 Å². The second kappa shape index (κ2) is 11.0. The summed E-state index contributed by atoms with van der Waals surface area (Å²) >= 11 is 11.7. The number of hydrogen-bond acceptors (Lipinski definition) is 5. The largest absolute Gasteiger partial charge is 0.417 e. The molecule has 2 aromatic rings. The van der Waals surface area contributed by atoms with E-state index in [4.69, 9.17) is 32.7 Å². The summed E-state index contributed by atoms with van der Waals surface area (Å²) in [6.45, 7) is 0.995. The van der Waals surface area contributed by atoms with E-state index in [0.717, 1.165) is 12.1 Å². The number of halogens is 5. The first-order valence-electron chi connectivity index (χ1n) is 9.76. The Kier molecular flexibility index (Phi) is 8.36. The van der Waals surface area contributed by atoms with Crippen LogP contribution in [0.4, 0.5) is 18.9 Å². The van der Waals surface area contributed by atoms with Crippen molar-refractivity contribution in [1.29, 1.82) is 0 Å². The van der Waals surface area contributed by atoms with Gasteiger partial charge in [-0.1, -0.05) is 40.5 Å². The lowest BCUT2D eigenvalue weighted by Gasteiger charge is -2.14. The number of nitrogens with zero attached hydrogens (tertiary/aromatic N) is 1. The molecule has 1 heterocycles. The van der Waals surface area contributed by atoms with Gasteiger partial charge in [0.05, 0.1) is 18.8 Å². The maximum atomic E-state index is 13.7. The van der Waals surface area contributed by atoms with Gasteiger partial charge in [0, 0.05) is 34.1 Å². The lowest BCUT2D eigenvalue weighted by atomic mass is 10.0. The standard InChI is InChI=1S/C22H19Cl2F3N2O4/c23-15-9-14(10-16(24)11-15)18(22(25,26)27)12-19(29-31)13-1-3-17(4-2-13)28-20(30)5-6-21-32-7-8-33-21/h1-4,9-12,21,31H,5-8H2,(H,28,30)/b18-12-,29-19-. The Labute approximate surface area is 197 Å². The van der Waals surface area contributed by atoms with Crippen molar-refractivity contribution in [1.82, 2.24) is 0 Å². The maximum Gasteiger partial charge on any atom is 0.417 e. The number of ether oxygens (including phenoxy) is 2. The molecule has 0 aliphatic carbocycles. The number of oxime groups is 1. The molecule has 0 atom stereocenters. The molecule has 1 saturated heterocycles. The number of rotatable bonds is 7. The van der Waals surface area contributed by atoms with Crippen LogP contribution >= 0.6 is 23.2 Å². The minimum Gasteiger partial charge on any atom is -0.410 e. The molecule has 2 N–H and O–H groups in total. The summed E-state index contributed by atoms with van der Waals surface area (Å²) in [5.74, 6) is -0.269. The van der Waals surface area contributed by atoms with Crippen LogP contribution in [0.15, 0.2) is 53.7 Å². The van der Waals surface area contributed by atoms with Gasteiger partial charge in [-0.05, 0) is 42.0 Å². The molecule has 1 aliphatic rings. The van der Waals surface area contributed by atoms with E-state index in [2.05, 4.69) is 10.5 Å². The van der Waals surface area contributed by atoms with Gasteiger partial charge in [0.15, 0.2) is 6.29 Å². The molecule has 0 radical (unpaired) electrons. The molecule has 2 aromatic carbocycles. The first-order chi connectivity index (χ1) is 15.7. The molecule has 11 heteroatoms. The average Bonchev–Trinajstić information content (AvgIpc) is 3.26. The zero-order chi connectivity index (χ0) is 24.0. The number of alkyl halides is 3. The fourth-order valence-corrected chi connectivity index (χ4v) is 3.64. The molecule has 0 spiro atoms. The van der Waals surface area contributed by atoms with Gasteiger partial charge in [-0.2, -0.15) is 13.2 Å². The van der Waals surface area contributed by atoms with Crippen LogP contribution in [-0.2, 0) is 14.3 Å². The maximum absolute atomic E-state index is 13.7. The molecule has 3 rings (SSSR count). The van der Waals surface area contributed by atoms with Crippen molar-refractivity contribution in [2.45, 2.75) is 25.3 Å². The molecular weight excluding hydrogens is 484 g/mol. The number of allylic oxidation sites excluding steroid dienone is 2. The monoisotopic (exact) mass is 502 g/mol. The Bertz CT molecular complexity index is 1030. The van der Waals surface area contributed by atoms with Crippen LogP contribution < -0.4 is 5.32 Å². The Balaban J connectivity index is 1.76. The lowest BCUT2D eigenvalue weighted by Crippen LogP contribution is -2.16. The smallest absolute Gasteiger partial charge is 0.410 e. The van der Waals surface area contributed by atoms with Gasteiger partial charge in [-0.3, -0.25) is 4.79 Å². The van der Waals surface area contributed by atoms with E-state index < -0.39 is 18.0 Å². The Morgan fingerprint density at radius 3 is 2.24 bits per heavy atom. The number of benzene rings is 2. The van der Waals surface area contributed by atoms with E-state index >= 15 is 0 Å². The predicted octanol–water partition coefficient (Wildman–Crippen LogP) is 5.91. The van der Waals surface area contributed by atoms with E-state index in [0.29, 0.717) is 31.4 Å². The summed E-state index contributed by atoms with van der Waals surface area (Å²) in [7, 11) is 0. The molecule has 1 fully saturated rings. The summed E-state index contributed by atoms with van der Waals surface area (Å²) in [6, 6.07) is 9.34. The van der Waals surface area contributed by atoms with Gasteiger partial charge in [0.25, 0.3) is 0 Å². The number of amides is 1. The van der Waals surface area contributed by atoms with E-state index in [1.165, 1.54) is 30.3 Å². The minimum atomic E-state index is -4.77. The highest BCUT2D eigenvalue weighted by molar-refractivity contribution is 6.35. The summed E-state index contributed by atoms with van der Waals surface area (Å²) < 4.78 is 51.7. The van der Waals surface area contributed by atoms with Crippen LogP contribution in [0.3, 0.4) is 0 Å². The molecule has 33 heavy (non-hydrogen) atoms. The molecule has 1 amide bonds. The van der Waals surface area contributed by atoms with Crippen molar-refractivity contribution in [2.75, 3.05) is 18.5 Å². The van der Waals surface area contributed by atoms with Crippen LogP contribution in [0.5, 0.6) is 0 Å². The second-order valence-corrected chi connectivity index (χ2v) is 7.91. The molecule has 1 aliphatic heterocycles. The number of hydrogen-bond donors (Lipinski definition) is 2. The van der Waals surface area contributed by atoms with Crippen molar-refractivity contribution in [3.8, 4) is 0 Å². The molecule has 0 bridgehead atoms. The summed E-state index contributed by atoms with van der Waals surface area (Å²) in [5, 5.41) is 15.1. The van der Waals surface area contributed by atoms with E-state index in [-0.39, 0.29) is 39.2 Å². The first kappa shape index (κ1) is 25.0. The van der Waals surface area contributed by atoms with Crippen LogP contribution in [0.2, 0.25) is 10.0 Å². The molecule has 0 saturated carbocycles. The Morgan fingerprint density at radius 1 is 1.09 bits per heavy atom. The van der Waals surface area contributed by atoms with Crippen molar-refractivity contribution in [2.24, 2.45) is 5.16 Å². The van der Waals surface area contributed by atoms with Crippen molar-refractivity contribution >= 4 is 46.1 Å². The molecule has 0 aromatic heterocycles. The van der Waals surface area contributed by atoms with Gasteiger partial charge in [0.2, 0.25) is 5.91 Å². The zero-order valence-corrected chi connectivity index (χ0v) is 18.5. The third-order valence-corrected chi connectivity index (χ3v) is 5.07. The van der Waals surface area contributed by atoms with Crippen molar-refractivity contribution < 1.29 is 32.6 Å². The third-order valence-electron chi connectivity index (χ3n) is 4.63. The fourth-order valence-electron chi connectivity index (χ4n) is 3.12. The Hall–Kier alpha value is -2.59. The fraction of sp³-hybridized carbons (Fsp3) is 0.273. The van der Waals surface area contributed by atoms with Crippen molar-refractivity contribution in [3.05, 3.63) is 69.7 Å². The third kappa shape index (κ3) is 7.20. The first-order valence-corrected chi connectivity index (χ1v) is 10.5. The van der Waals surface area contributed by atoms with Gasteiger partial charge in [0.1, 0.15) is 5.71 Å². The number of nitrogens with one attached hydrogen (secondary N) is 1. The SMILES string of the molecule is O=C(CCC1OCCO1)Nc1ccc(C(/C=C(/c2cc(Cl)cc(Cl)c2)C(F)(F)F)=N\O)cc1. The highest BCUT2D eigenvalue weighted by atomic mass is 35.5. The second-order valence-electron chi connectivity index (χ2n) is 7.03. The lowest BCUT2D eigenvalue weighted by molar-refractivity contribution is -0.118. The van der Waals surface area contributed by atoms with Crippen LogP contribution in [0.25, 0.3) is 5.57 Å². The van der Waals surface area contributed by atoms with Gasteiger partial charge >= 0.3 is 6.18 Å². The van der Waals surface area contributed by atoms with Gasteiger partial charge in [-0.25, -0.2) is 0 Å². The van der Waals surface area contributed by atoms with Crippen molar-refractivity contribution in [3.63, 3.8) is 0 Å². The van der Waals surface area contributed by atoms with Crippen LogP contribution in [0.1, 0.15) is 24.0 Å². The van der Waals surface area contributed by atoms with E-state index in [1.807, 2.05) is 0 Å². The summed E-state index contributed by atoms with van der Waals surface area (Å²) in [4.78, 5) is 12.1. The number of anilines is 1. The van der Waals surface area contributed by atoms with Gasteiger partial charge in [-0.15, -0.1) is 0 Å². The molecule has 176 valence electrons. The van der Waals surface area contributed by atoms with E-state index in [1.54, 1.807) is 0 Å². The summed E-state index contributed by atoms with van der Waals surface area (Å²) in [6.07, 6.45) is -3.90. The zero-order valence-electron chi connectivity index (χ0n) is 17.0. The number of carbonyl (C=O) groups excluding carboxylic acids is 1. The highest BCUT2D eigenvalue weighted by Crippen LogP contribution is 2.36. The number of carbonyl (C=O) groups is 1. The van der Waals surface area contributed by atoms with Crippen LogP contribution in [-0.4, -0.2) is 42.5 Å². The average molecular weight is 503 g/mol. The predicted molar refractivity (Wildman–Crippen MR) is 119 cm³/mol. The normalized spacial score (nSPS) is 15.7. The topological polar surface area (TPSA) is 80.2 Å². The molecule has 6 nitrogen and oxygen atoms in total. The molecular formula is C22H19Cl2F3N2O4. The quantitative estimate of drug-likeness (QED) is 0.280. The van der Waals surface area contributed by atoms with Crippen LogP contribution in [0, 0.1) is 0 Å². The highest BCUT2D eigenvalue weighted by Gasteiger charge is 2.35. The minimum absolute atomic E-state index is 0.0290. The Morgan fingerprint density at radius 2 is 1.70 bits per heavy atom.